The number of para-hydroxylation sites is 2. The van der Waals surface area contributed by atoms with Crippen molar-refractivity contribution in [1.29, 1.82) is 0 Å². The lowest BCUT2D eigenvalue weighted by molar-refractivity contribution is -0.141. The Morgan fingerprint density at radius 2 is 1.76 bits per heavy atom. The van der Waals surface area contributed by atoms with Gasteiger partial charge in [-0.2, -0.15) is 0 Å². The van der Waals surface area contributed by atoms with Gasteiger partial charge in [0.15, 0.2) is 0 Å². The molecule has 1 fully saturated rings. The van der Waals surface area contributed by atoms with Crippen LogP contribution in [0.4, 0.5) is 4.79 Å². The molecule has 1 saturated heterocycles. The van der Waals surface area contributed by atoms with Crippen molar-refractivity contribution in [2.24, 2.45) is 11.8 Å². The van der Waals surface area contributed by atoms with Gasteiger partial charge in [-0.25, -0.2) is 14.2 Å². The van der Waals surface area contributed by atoms with Crippen LogP contribution in [-0.4, -0.2) is 57.3 Å². The quantitative estimate of drug-likeness (QED) is 0.773. The molecular weight excluding hydrogens is 372 g/mol. The molecule has 0 bridgehead atoms. The Morgan fingerprint density at radius 1 is 1.14 bits per heavy atom. The van der Waals surface area contributed by atoms with Crippen molar-refractivity contribution < 1.29 is 14.7 Å². The van der Waals surface area contributed by atoms with E-state index in [0.29, 0.717) is 24.5 Å². The molecule has 3 rings (SSSR count). The van der Waals surface area contributed by atoms with Gasteiger partial charge in [-0.3, -0.25) is 9.36 Å². The van der Waals surface area contributed by atoms with E-state index in [9.17, 15) is 14.4 Å². The van der Waals surface area contributed by atoms with E-state index in [-0.39, 0.29) is 17.6 Å². The van der Waals surface area contributed by atoms with Gasteiger partial charge in [-0.05, 0) is 57.8 Å². The fourth-order valence-electron chi connectivity index (χ4n) is 4.02. The lowest BCUT2D eigenvalue weighted by atomic mass is 9.96. The first-order valence-corrected chi connectivity index (χ1v) is 10.2. The summed E-state index contributed by atoms with van der Waals surface area (Å²) >= 11 is 0. The van der Waals surface area contributed by atoms with Gasteiger partial charge >= 0.3 is 17.7 Å². The largest absolute Gasteiger partial charge is 0.481 e. The monoisotopic (exact) mass is 402 g/mol. The van der Waals surface area contributed by atoms with E-state index < -0.39 is 12.0 Å². The van der Waals surface area contributed by atoms with E-state index in [1.54, 1.807) is 17.6 Å². The number of carbonyl (C=O) groups is 2. The Hall–Kier alpha value is -2.61. The first-order chi connectivity index (χ1) is 13.8. The molecule has 2 N–H and O–H groups in total. The smallest absolute Gasteiger partial charge is 0.337 e. The third-order valence-electron chi connectivity index (χ3n) is 5.70. The van der Waals surface area contributed by atoms with Crippen molar-refractivity contribution in [2.75, 3.05) is 26.2 Å². The molecule has 1 aromatic heterocycles. The standard InChI is InChI=1S/C21H30N4O4/c1-14(2)24-17-6-4-5-7-18(17)25(21(24)29)20(28)22-12-16-8-10-23(11-9-16)13-15(3)19(26)27/h4-7,14-16H,8-13H2,1-3H3,(H,22,28)(H,26,27). The summed E-state index contributed by atoms with van der Waals surface area (Å²) in [6, 6.07) is 6.89. The Bertz CT molecular complexity index is 938. The van der Waals surface area contributed by atoms with E-state index in [2.05, 4.69) is 10.2 Å². The highest BCUT2D eigenvalue weighted by atomic mass is 16.4. The molecule has 8 nitrogen and oxygen atoms in total. The van der Waals surface area contributed by atoms with E-state index in [0.717, 1.165) is 31.4 Å². The van der Waals surface area contributed by atoms with Crippen LogP contribution in [0.1, 0.15) is 39.7 Å². The molecule has 1 unspecified atom stereocenters. The van der Waals surface area contributed by atoms with Crippen LogP contribution in [0.25, 0.3) is 11.0 Å². The molecule has 0 aliphatic carbocycles. The second-order valence-electron chi connectivity index (χ2n) is 8.24. The maximum Gasteiger partial charge on any atom is 0.337 e. The number of rotatable bonds is 6. The molecule has 1 amide bonds. The van der Waals surface area contributed by atoms with Crippen LogP contribution in [0, 0.1) is 11.8 Å². The highest BCUT2D eigenvalue weighted by molar-refractivity contribution is 5.89. The topological polar surface area (TPSA) is 96.6 Å². The van der Waals surface area contributed by atoms with E-state index in [1.165, 1.54) is 4.57 Å². The van der Waals surface area contributed by atoms with Gasteiger partial charge in [0.2, 0.25) is 0 Å². The number of hydrogen-bond acceptors (Lipinski definition) is 4. The molecule has 2 aromatic rings. The van der Waals surface area contributed by atoms with Crippen LogP contribution in [0.5, 0.6) is 0 Å². The number of piperidine rings is 1. The second-order valence-corrected chi connectivity index (χ2v) is 8.24. The maximum atomic E-state index is 12.8. The number of carboxylic acid groups (broad SMARTS) is 1. The van der Waals surface area contributed by atoms with E-state index >= 15 is 0 Å². The second kappa shape index (κ2) is 8.82. The van der Waals surface area contributed by atoms with Crippen LogP contribution in [0.15, 0.2) is 29.1 Å². The molecule has 1 atom stereocenters. The number of imidazole rings is 1. The highest BCUT2D eigenvalue weighted by Gasteiger charge is 2.24. The number of benzene rings is 1. The van der Waals surface area contributed by atoms with E-state index in [1.807, 2.05) is 32.0 Å². The van der Waals surface area contributed by atoms with Gasteiger partial charge in [0.25, 0.3) is 0 Å². The molecule has 1 aliphatic heterocycles. The number of amides is 1. The molecule has 29 heavy (non-hydrogen) atoms. The van der Waals surface area contributed by atoms with Gasteiger partial charge in [0.1, 0.15) is 0 Å². The highest BCUT2D eigenvalue weighted by Crippen LogP contribution is 2.19. The number of aromatic nitrogens is 2. The number of likely N-dealkylation sites (tertiary alicyclic amines) is 1. The Labute approximate surface area is 170 Å². The number of nitrogens with zero attached hydrogens (tertiary/aromatic N) is 3. The van der Waals surface area contributed by atoms with E-state index in [4.69, 9.17) is 5.11 Å². The number of carboxylic acids is 1. The fourth-order valence-corrected chi connectivity index (χ4v) is 4.02. The van der Waals surface area contributed by atoms with Gasteiger partial charge in [-0.1, -0.05) is 19.1 Å². The average molecular weight is 402 g/mol. The average Bonchev–Trinajstić information content (AvgIpc) is 2.99. The van der Waals surface area contributed by atoms with Crippen molar-refractivity contribution in [3.63, 3.8) is 0 Å². The summed E-state index contributed by atoms with van der Waals surface area (Å²) in [7, 11) is 0. The first kappa shape index (κ1) is 21.1. The Morgan fingerprint density at radius 3 is 2.34 bits per heavy atom. The molecule has 158 valence electrons. The van der Waals surface area contributed by atoms with Crippen molar-refractivity contribution in [3.8, 4) is 0 Å². The van der Waals surface area contributed by atoms with Gasteiger partial charge in [-0.15, -0.1) is 0 Å². The Kier molecular flexibility index (Phi) is 6.42. The summed E-state index contributed by atoms with van der Waals surface area (Å²) in [4.78, 5) is 38.8. The van der Waals surface area contributed by atoms with Crippen molar-refractivity contribution in [1.82, 2.24) is 19.4 Å². The first-order valence-electron chi connectivity index (χ1n) is 10.2. The fraction of sp³-hybridized carbons (Fsp3) is 0.571. The molecule has 1 aliphatic rings. The van der Waals surface area contributed by atoms with Gasteiger partial charge < -0.3 is 15.3 Å². The Balaban J connectivity index is 1.62. The van der Waals surface area contributed by atoms with Gasteiger partial charge in [0.05, 0.1) is 17.0 Å². The third kappa shape index (κ3) is 4.53. The third-order valence-corrected chi connectivity index (χ3v) is 5.70. The zero-order valence-corrected chi connectivity index (χ0v) is 17.3. The molecular formula is C21H30N4O4. The molecule has 8 heteroatoms. The number of aliphatic carboxylic acids is 1. The SMILES string of the molecule is CC(CN1CCC(CNC(=O)n2c(=O)n(C(C)C)c3ccccc32)CC1)C(=O)O. The zero-order chi connectivity index (χ0) is 21.1. The lowest BCUT2D eigenvalue weighted by Gasteiger charge is -2.32. The molecule has 0 radical (unpaired) electrons. The minimum absolute atomic E-state index is 0.0426. The van der Waals surface area contributed by atoms with Crippen LogP contribution in [0.3, 0.4) is 0 Å². The van der Waals surface area contributed by atoms with Crippen LogP contribution >= 0.6 is 0 Å². The van der Waals surface area contributed by atoms with Crippen molar-refractivity contribution in [2.45, 2.75) is 39.7 Å². The number of carbonyl (C=O) groups excluding carboxylic acids is 1. The van der Waals surface area contributed by atoms with Crippen LogP contribution < -0.4 is 11.0 Å². The number of fused-ring (bicyclic) bond motifs is 1. The molecule has 0 saturated carbocycles. The molecule has 0 spiro atoms. The summed E-state index contributed by atoms with van der Waals surface area (Å²) in [6.07, 6.45) is 1.80. The predicted molar refractivity (Wildman–Crippen MR) is 111 cm³/mol. The van der Waals surface area contributed by atoms with Crippen LogP contribution in [-0.2, 0) is 4.79 Å². The normalized spacial score (nSPS) is 17.0. The summed E-state index contributed by atoms with van der Waals surface area (Å²) in [6.45, 7) is 8.28. The van der Waals surface area contributed by atoms with Crippen molar-refractivity contribution in [3.05, 3.63) is 34.7 Å². The maximum absolute atomic E-state index is 12.8. The minimum Gasteiger partial charge on any atom is -0.481 e. The summed E-state index contributed by atoms with van der Waals surface area (Å²) in [5.41, 5.74) is 1.04. The summed E-state index contributed by atoms with van der Waals surface area (Å²) in [5.74, 6) is -0.828. The number of hydrogen-bond donors (Lipinski definition) is 2. The molecule has 1 aromatic carbocycles. The number of nitrogens with one attached hydrogen (secondary N) is 1. The van der Waals surface area contributed by atoms with Crippen LogP contribution in [0.2, 0.25) is 0 Å². The van der Waals surface area contributed by atoms with Crippen molar-refractivity contribution >= 4 is 23.0 Å². The lowest BCUT2D eigenvalue weighted by Crippen LogP contribution is -2.43. The zero-order valence-electron chi connectivity index (χ0n) is 17.3. The molecule has 2 heterocycles. The predicted octanol–water partition coefficient (Wildman–Crippen LogP) is 2.37. The minimum atomic E-state index is -0.773. The summed E-state index contributed by atoms with van der Waals surface area (Å²) < 4.78 is 2.86. The summed E-state index contributed by atoms with van der Waals surface area (Å²) in [5, 5.41) is 12.0. The van der Waals surface area contributed by atoms with Gasteiger partial charge in [0, 0.05) is 19.1 Å².